The molecule has 0 unspecified atom stereocenters. The Kier molecular flexibility index (Phi) is 8.54. The first-order chi connectivity index (χ1) is 17.0. The largest absolute Gasteiger partial charge is 0.472 e. The maximum Gasteiger partial charge on any atom is 0.238 e. The molecule has 2 heterocycles. The highest BCUT2D eigenvalue weighted by Gasteiger charge is 2.19. The molecule has 0 spiro atoms. The lowest BCUT2D eigenvalue weighted by Gasteiger charge is -2.32. The molecule has 0 bridgehead atoms. The quantitative estimate of drug-likeness (QED) is 0.412. The van der Waals surface area contributed by atoms with Gasteiger partial charge in [-0.3, -0.25) is 4.79 Å². The SMILES string of the molecule is CN1CCN(c2ncc(Sc3cccc(NC(=O)CN)c3)c(OCc3ccc(CO)cc3)n2)CC1. The van der Waals surface area contributed by atoms with Crippen molar-refractivity contribution in [3.8, 4) is 5.88 Å². The highest BCUT2D eigenvalue weighted by Crippen LogP contribution is 2.35. The van der Waals surface area contributed by atoms with Crippen LogP contribution < -0.4 is 20.7 Å². The molecule has 0 atom stereocenters. The van der Waals surface area contributed by atoms with Crippen molar-refractivity contribution in [2.75, 3.05) is 50.0 Å². The molecule has 9 nitrogen and oxygen atoms in total. The van der Waals surface area contributed by atoms with Gasteiger partial charge < -0.3 is 30.7 Å². The second kappa shape index (κ2) is 12.0. The number of anilines is 2. The fourth-order valence-electron chi connectivity index (χ4n) is 3.55. The Morgan fingerprint density at radius 2 is 1.89 bits per heavy atom. The van der Waals surface area contributed by atoms with Crippen LogP contribution in [0.15, 0.2) is 64.5 Å². The van der Waals surface area contributed by atoms with Crippen molar-refractivity contribution in [1.82, 2.24) is 14.9 Å². The Morgan fingerprint density at radius 3 is 2.60 bits per heavy atom. The van der Waals surface area contributed by atoms with Crippen molar-refractivity contribution in [2.24, 2.45) is 5.73 Å². The average Bonchev–Trinajstić information content (AvgIpc) is 2.89. The van der Waals surface area contributed by atoms with E-state index in [0.717, 1.165) is 47.1 Å². The number of nitrogens with two attached hydrogens (primary N) is 1. The lowest BCUT2D eigenvalue weighted by Crippen LogP contribution is -2.45. The minimum absolute atomic E-state index is 0.00696. The normalized spacial score (nSPS) is 14.1. The number of nitrogens with zero attached hydrogens (tertiary/aromatic N) is 4. The molecule has 0 radical (unpaired) electrons. The molecule has 184 valence electrons. The molecule has 4 rings (SSSR count). The first-order valence-corrected chi connectivity index (χ1v) is 12.3. The smallest absolute Gasteiger partial charge is 0.238 e. The van der Waals surface area contributed by atoms with Gasteiger partial charge in [0.25, 0.3) is 0 Å². The van der Waals surface area contributed by atoms with Crippen molar-refractivity contribution < 1.29 is 14.6 Å². The lowest BCUT2D eigenvalue weighted by molar-refractivity contribution is -0.114. The number of aliphatic hydroxyl groups excluding tert-OH is 1. The van der Waals surface area contributed by atoms with Crippen molar-refractivity contribution >= 4 is 29.3 Å². The van der Waals surface area contributed by atoms with E-state index in [4.69, 9.17) is 15.5 Å². The minimum Gasteiger partial charge on any atom is -0.472 e. The van der Waals surface area contributed by atoms with E-state index < -0.39 is 0 Å². The number of ether oxygens (including phenoxy) is 1. The predicted molar refractivity (Wildman–Crippen MR) is 137 cm³/mol. The van der Waals surface area contributed by atoms with Crippen LogP contribution in [0.25, 0.3) is 0 Å². The molecule has 0 saturated carbocycles. The third kappa shape index (κ3) is 6.92. The number of carbonyl (C=O) groups is 1. The number of aliphatic hydroxyl groups is 1. The highest BCUT2D eigenvalue weighted by molar-refractivity contribution is 7.99. The number of hydrogen-bond acceptors (Lipinski definition) is 9. The monoisotopic (exact) mass is 494 g/mol. The molecule has 1 fully saturated rings. The summed E-state index contributed by atoms with van der Waals surface area (Å²) in [6, 6.07) is 15.2. The fraction of sp³-hybridized carbons (Fsp3) is 0.320. The number of likely N-dealkylation sites (N-methyl/N-ethyl adjacent to an activating group) is 1. The summed E-state index contributed by atoms with van der Waals surface area (Å²) in [5.41, 5.74) is 7.91. The number of piperazine rings is 1. The molecule has 3 aromatic rings. The van der Waals surface area contributed by atoms with Crippen LogP contribution >= 0.6 is 11.8 Å². The average molecular weight is 495 g/mol. The number of amides is 1. The maximum absolute atomic E-state index is 11.7. The fourth-order valence-corrected chi connectivity index (χ4v) is 4.43. The van der Waals surface area contributed by atoms with E-state index in [1.807, 2.05) is 48.5 Å². The van der Waals surface area contributed by atoms with Crippen LogP contribution in [-0.4, -0.2) is 65.7 Å². The van der Waals surface area contributed by atoms with Gasteiger partial charge in [0.2, 0.25) is 17.7 Å². The van der Waals surface area contributed by atoms with Gasteiger partial charge >= 0.3 is 0 Å². The van der Waals surface area contributed by atoms with Gasteiger partial charge in [-0.15, -0.1) is 0 Å². The van der Waals surface area contributed by atoms with Crippen molar-refractivity contribution in [3.05, 3.63) is 65.9 Å². The summed E-state index contributed by atoms with van der Waals surface area (Å²) in [5.74, 6) is 0.904. The Balaban J connectivity index is 1.56. The molecule has 1 aromatic heterocycles. The first kappa shape index (κ1) is 24.9. The summed E-state index contributed by atoms with van der Waals surface area (Å²) in [6.07, 6.45) is 1.79. The van der Waals surface area contributed by atoms with Gasteiger partial charge in [-0.25, -0.2) is 4.98 Å². The Labute approximate surface area is 209 Å². The Hall–Kier alpha value is -3.18. The third-order valence-electron chi connectivity index (χ3n) is 5.61. The van der Waals surface area contributed by atoms with Crippen molar-refractivity contribution in [1.29, 1.82) is 0 Å². The van der Waals surface area contributed by atoms with Crippen molar-refractivity contribution in [2.45, 2.75) is 23.0 Å². The van der Waals surface area contributed by atoms with Gasteiger partial charge in [0, 0.05) is 36.8 Å². The number of hydrogen-bond donors (Lipinski definition) is 3. The summed E-state index contributed by atoms with van der Waals surface area (Å²) in [7, 11) is 2.11. The zero-order valence-corrected chi connectivity index (χ0v) is 20.5. The lowest BCUT2D eigenvalue weighted by atomic mass is 10.1. The van der Waals surface area contributed by atoms with E-state index in [1.54, 1.807) is 6.20 Å². The number of rotatable bonds is 9. The van der Waals surface area contributed by atoms with Crippen LogP contribution in [-0.2, 0) is 18.0 Å². The first-order valence-electron chi connectivity index (χ1n) is 11.4. The summed E-state index contributed by atoms with van der Waals surface area (Å²) in [4.78, 5) is 27.2. The molecule has 1 saturated heterocycles. The molecule has 10 heteroatoms. The molecule has 1 amide bonds. The predicted octanol–water partition coefficient (Wildman–Crippen LogP) is 2.35. The molecule has 0 aliphatic carbocycles. The zero-order valence-electron chi connectivity index (χ0n) is 19.7. The van der Waals surface area contributed by atoms with Gasteiger partial charge in [0.05, 0.1) is 24.2 Å². The molecule has 1 aliphatic heterocycles. The molecule has 1 aliphatic rings. The van der Waals surface area contributed by atoms with E-state index in [9.17, 15) is 9.90 Å². The van der Waals surface area contributed by atoms with Crippen LogP contribution in [0.3, 0.4) is 0 Å². The van der Waals surface area contributed by atoms with Gasteiger partial charge in [0.1, 0.15) is 6.61 Å². The van der Waals surface area contributed by atoms with Gasteiger partial charge in [0.15, 0.2) is 0 Å². The summed E-state index contributed by atoms with van der Waals surface area (Å²) in [6.45, 7) is 3.89. The van der Waals surface area contributed by atoms with Crippen LogP contribution in [0.5, 0.6) is 5.88 Å². The standard InChI is InChI=1S/C25H30N6O3S/c1-30-9-11-31(12-10-30)25-27-15-22(35-21-4-2-3-20(13-21)28-23(33)14-26)24(29-25)34-17-19-7-5-18(16-32)6-8-19/h2-8,13,15,32H,9-12,14,16-17,26H2,1H3,(H,28,33). The van der Waals surface area contributed by atoms with E-state index in [2.05, 4.69) is 27.1 Å². The van der Waals surface area contributed by atoms with Crippen LogP contribution in [0.2, 0.25) is 0 Å². The van der Waals surface area contributed by atoms with E-state index in [0.29, 0.717) is 24.1 Å². The topological polar surface area (TPSA) is 117 Å². The van der Waals surface area contributed by atoms with Crippen LogP contribution in [0, 0.1) is 0 Å². The van der Waals surface area contributed by atoms with E-state index >= 15 is 0 Å². The van der Waals surface area contributed by atoms with Gasteiger partial charge in [-0.05, 0) is 36.4 Å². The maximum atomic E-state index is 11.7. The molecular weight excluding hydrogens is 464 g/mol. The van der Waals surface area contributed by atoms with E-state index in [1.165, 1.54) is 11.8 Å². The van der Waals surface area contributed by atoms with Gasteiger partial charge in [-0.2, -0.15) is 4.98 Å². The Morgan fingerprint density at radius 1 is 1.14 bits per heavy atom. The van der Waals surface area contributed by atoms with Crippen LogP contribution in [0.4, 0.5) is 11.6 Å². The third-order valence-corrected chi connectivity index (χ3v) is 6.60. The molecule has 4 N–H and O–H groups in total. The minimum atomic E-state index is -0.247. The molecule has 35 heavy (non-hydrogen) atoms. The second-order valence-electron chi connectivity index (χ2n) is 8.28. The molecular formula is C25H30N6O3S. The Bertz CT molecular complexity index is 1140. The second-order valence-corrected chi connectivity index (χ2v) is 9.39. The number of benzene rings is 2. The number of carbonyl (C=O) groups excluding carboxylic acids is 1. The number of aromatic nitrogens is 2. The highest BCUT2D eigenvalue weighted by atomic mass is 32.2. The van der Waals surface area contributed by atoms with Crippen LogP contribution in [0.1, 0.15) is 11.1 Å². The van der Waals surface area contributed by atoms with Crippen molar-refractivity contribution in [3.63, 3.8) is 0 Å². The number of nitrogens with one attached hydrogen (secondary N) is 1. The zero-order chi connectivity index (χ0) is 24.6. The van der Waals surface area contributed by atoms with E-state index in [-0.39, 0.29) is 19.1 Å². The van der Waals surface area contributed by atoms with Gasteiger partial charge in [-0.1, -0.05) is 42.1 Å². The summed E-state index contributed by atoms with van der Waals surface area (Å²) < 4.78 is 6.18. The molecule has 2 aromatic carbocycles. The summed E-state index contributed by atoms with van der Waals surface area (Å²) in [5, 5.41) is 12.1. The summed E-state index contributed by atoms with van der Waals surface area (Å²) >= 11 is 1.47.